The van der Waals surface area contributed by atoms with Gasteiger partial charge >= 0.3 is 0 Å². The van der Waals surface area contributed by atoms with Gasteiger partial charge in [0.15, 0.2) is 11.0 Å². The molecular formula is C15H12BrN5S. The Kier molecular flexibility index (Phi) is 3.59. The predicted molar refractivity (Wildman–Crippen MR) is 90.6 cm³/mol. The maximum absolute atomic E-state index is 4.38. The van der Waals surface area contributed by atoms with Crippen molar-refractivity contribution in [2.24, 2.45) is 0 Å². The number of hydrogen-bond acceptors (Lipinski definition) is 5. The highest BCUT2D eigenvalue weighted by atomic mass is 79.9. The third-order valence-corrected chi connectivity index (χ3v) is 5.21. The van der Waals surface area contributed by atoms with Gasteiger partial charge in [-0.05, 0) is 18.2 Å². The van der Waals surface area contributed by atoms with E-state index in [1.807, 2.05) is 42.7 Å². The van der Waals surface area contributed by atoms with Crippen molar-refractivity contribution in [1.82, 2.24) is 19.7 Å². The van der Waals surface area contributed by atoms with E-state index < -0.39 is 0 Å². The van der Waals surface area contributed by atoms with Gasteiger partial charge in [-0.3, -0.25) is 9.55 Å². The van der Waals surface area contributed by atoms with Gasteiger partial charge in [0, 0.05) is 28.1 Å². The molecule has 0 N–H and O–H groups in total. The number of nitrogens with zero attached hydrogens (tertiary/aromatic N) is 5. The summed E-state index contributed by atoms with van der Waals surface area (Å²) in [6.07, 6.45) is 3.63. The third kappa shape index (κ3) is 2.40. The summed E-state index contributed by atoms with van der Waals surface area (Å²) in [5.74, 6) is 1.74. The van der Waals surface area contributed by atoms with Crippen molar-refractivity contribution in [1.29, 1.82) is 0 Å². The van der Waals surface area contributed by atoms with Crippen LogP contribution in [0.3, 0.4) is 0 Å². The molecule has 0 atom stereocenters. The standard InChI is InChI=1S/C15H12BrN5S/c16-13-4-2-1-3-12(13)14-18-19-15-21(14)9-20(10-22-15)11-5-7-17-8-6-11/h1-8H,9-10H2. The van der Waals surface area contributed by atoms with Gasteiger partial charge in [-0.15, -0.1) is 10.2 Å². The Labute approximate surface area is 140 Å². The van der Waals surface area contributed by atoms with Crippen LogP contribution in [-0.2, 0) is 6.67 Å². The summed E-state index contributed by atoms with van der Waals surface area (Å²) in [6.45, 7) is 0.732. The van der Waals surface area contributed by atoms with Crippen LogP contribution in [0.25, 0.3) is 11.4 Å². The van der Waals surface area contributed by atoms with E-state index >= 15 is 0 Å². The van der Waals surface area contributed by atoms with Crippen LogP contribution in [0.2, 0.25) is 0 Å². The molecule has 1 aromatic carbocycles. The zero-order chi connectivity index (χ0) is 14.9. The molecule has 0 aliphatic carbocycles. The largest absolute Gasteiger partial charge is 0.343 e. The van der Waals surface area contributed by atoms with Gasteiger partial charge in [0.1, 0.15) is 0 Å². The van der Waals surface area contributed by atoms with Gasteiger partial charge in [0.25, 0.3) is 0 Å². The van der Waals surface area contributed by atoms with E-state index in [0.717, 1.165) is 39.2 Å². The van der Waals surface area contributed by atoms with Crippen molar-refractivity contribution in [2.75, 3.05) is 10.8 Å². The molecule has 0 bridgehead atoms. The second-order valence-electron chi connectivity index (χ2n) is 4.87. The lowest BCUT2D eigenvalue weighted by atomic mass is 10.2. The van der Waals surface area contributed by atoms with E-state index in [4.69, 9.17) is 0 Å². The average molecular weight is 374 g/mol. The van der Waals surface area contributed by atoms with Gasteiger partial charge in [0.05, 0.1) is 12.5 Å². The first kappa shape index (κ1) is 13.8. The Morgan fingerprint density at radius 2 is 1.86 bits per heavy atom. The van der Waals surface area contributed by atoms with Crippen molar-refractivity contribution in [3.63, 3.8) is 0 Å². The number of fused-ring (bicyclic) bond motifs is 1. The highest BCUT2D eigenvalue weighted by Gasteiger charge is 2.23. The number of benzene rings is 1. The molecule has 0 unspecified atom stereocenters. The van der Waals surface area contributed by atoms with E-state index in [1.165, 1.54) is 0 Å². The third-order valence-electron chi connectivity index (χ3n) is 3.52. The average Bonchev–Trinajstić information content (AvgIpc) is 2.99. The molecule has 3 heterocycles. The summed E-state index contributed by atoms with van der Waals surface area (Å²) < 4.78 is 3.17. The van der Waals surface area contributed by atoms with Crippen LogP contribution in [0.4, 0.5) is 5.69 Å². The number of hydrogen-bond donors (Lipinski definition) is 0. The van der Waals surface area contributed by atoms with Crippen molar-refractivity contribution < 1.29 is 0 Å². The van der Waals surface area contributed by atoms with E-state index in [-0.39, 0.29) is 0 Å². The normalized spacial score (nSPS) is 14.0. The number of anilines is 1. The zero-order valence-corrected chi connectivity index (χ0v) is 14.0. The Morgan fingerprint density at radius 1 is 1.05 bits per heavy atom. The zero-order valence-electron chi connectivity index (χ0n) is 11.6. The molecule has 2 aromatic heterocycles. The van der Waals surface area contributed by atoms with E-state index in [0.29, 0.717) is 0 Å². The summed E-state index contributed by atoms with van der Waals surface area (Å²) in [5.41, 5.74) is 2.21. The number of thioether (sulfide) groups is 1. The molecule has 0 saturated carbocycles. The fourth-order valence-corrected chi connectivity index (χ4v) is 3.79. The topological polar surface area (TPSA) is 46.8 Å². The Hall–Kier alpha value is -1.86. The fraction of sp³-hybridized carbons (Fsp3) is 0.133. The summed E-state index contributed by atoms with van der Waals surface area (Å²) >= 11 is 5.29. The Morgan fingerprint density at radius 3 is 2.68 bits per heavy atom. The van der Waals surface area contributed by atoms with Crippen molar-refractivity contribution >= 4 is 33.4 Å². The molecule has 110 valence electrons. The molecule has 0 amide bonds. The molecule has 1 aliphatic rings. The minimum Gasteiger partial charge on any atom is -0.343 e. The fourth-order valence-electron chi connectivity index (χ4n) is 2.42. The van der Waals surface area contributed by atoms with Crippen molar-refractivity contribution in [3.05, 3.63) is 53.3 Å². The first-order valence-corrected chi connectivity index (χ1v) is 8.56. The number of rotatable bonds is 2. The highest BCUT2D eigenvalue weighted by molar-refractivity contribution is 9.10. The lowest BCUT2D eigenvalue weighted by Gasteiger charge is -2.29. The molecule has 0 fully saturated rings. The molecule has 0 saturated heterocycles. The van der Waals surface area contributed by atoms with E-state index in [1.54, 1.807) is 11.8 Å². The maximum Gasteiger partial charge on any atom is 0.194 e. The molecule has 5 nitrogen and oxygen atoms in total. The minimum absolute atomic E-state index is 0.732. The SMILES string of the molecule is Brc1ccccc1-c1nnc2n1CN(c1ccncc1)CS2. The van der Waals surface area contributed by atoms with Gasteiger partial charge in [-0.1, -0.05) is 45.9 Å². The first-order chi connectivity index (χ1) is 10.8. The molecule has 22 heavy (non-hydrogen) atoms. The van der Waals surface area contributed by atoms with Crippen molar-refractivity contribution in [2.45, 2.75) is 11.8 Å². The summed E-state index contributed by atoms with van der Waals surface area (Å²) in [6, 6.07) is 12.1. The second-order valence-corrected chi connectivity index (χ2v) is 6.64. The monoisotopic (exact) mass is 373 g/mol. The van der Waals surface area contributed by atoms with Crippen LogP contribution in [0, 0.1) is 0 Å². The first-order valence-electron chi connectivity index (χ1n) is 6.79. The van der Waals surface area contributed by atoms with Crippen LogP contribution in [0.5, 0.6) is 0 Å². The molecule has 7 heteroatoms. The summed E-state index contributed by atoms with van der Waals surface area (Å²) in [7, 11) is 0. The van der Waals surface area contributed by atoms with E-state index in [9.17, 15) is 0 Å². The molecule has 3 aromatic rings. The Balaban J connectivity index is 1.73. The van der Waals surface area contributed by atoms with Gasteiger partial charge in [-0.2, -0.15) is 0 Å². The number of halogens is 1. The summed E-state index contributed by atoms with van der Waals surface area (Å²) in [4.78, 5) is 6.36. The molecular weight excluding hydrogens is 362 g/mol. The van der Waals surface area contributed by atoms with Crippen molar-refractivity contribution in [3.8, 4) is 11.4 Å². The van der Waals surface area contributed by atoms with Gasteiger partial charge < -0.3 is 4.90 Å². The number of aromatic nitrogens is 4. The maximum atomic E-state index is 4.38. The van der Waals surface area contributed by atoms with E-state index in [2.05, 4.69) is 46.6 Å². The molecule has 4 rings (SSSR count). The van der Waals surface area contributed by atoms with Crippen LogP contribution in [0.1, 0.15) is 0 Å². The Bertz CT molecular complexity index is 805. The minimum atomic E-state index is 0.732. The van der Waals surface area contributed by atoms with Crippen LogP contribution >= 0.6 is 27.7 Å². The lowest BCUT2D eigenvalue weighted by Crippen LogP contribution is -2.30. The molecule has 0 spiro atoms. The lowest BCUT2D eigenvalue weighted by molar-refractivity contribution is 0.608. The van der Waals surface area contributed by atoms with Crippen LogP contribution < -0.4 is 4.90 Å². The predicted octanol–water partition coefficient (Wildman–Crippen LogP) is 3.63. The van der Waals surface area contributed by atoms with Crippen LogP contribution in [0.15, 0.2) is 58.4 Å². The van der Waals surface area contributed by atoms with Gasteiger partial charge in [-0.25, -0.2) is 0 Å². The van der Waals surface area contributed by atoms with Gasteiger partial charge in [0.2, 0.25) is 0 Å². The highest BCUT2D eigenvalue weighted by Crippen LogP contribution is 2.33. The smallest absolute Gasteiger partial charge is 0.194 e. The second kappa shape index (κ2) is 5.73. The summed E-state index contributed by atoms with van der Waals surface area (Å²) in [5, 5.41) is 9.65. The molecule has 0 radical (unpaired) electrons. The quantitative estimate of drug-likeness (QED) is 0.686. The number of pyridine rings is 1. The van der Waals surface area contributed by atoms with Crippen LogP contribution in [-0.4, -0.2) is 25.6 Å². The molecule has 1 aliphatic heterocycles.